The van der Waals surface area contributed by atoms with Crippen molar-refractivity contribution in [3.05, 3.63) is 23.9 Å². The molecule has 0 aromatic carbocycles. The van der Waals surface area contributed by atoms with Crippen molar-refractivity contribution in [2.45, 2.75) is 12.6 Å². The molecule has 22 heavy (non-hydrogen) atoms. The number of aromatic nitrogens is 1. The van der Waals surface area contributed by atoms with Crippen molar-refractivity contribution < 1.29 is 27.5 Å². The standard InChI is InChI=1S/C13H14F3N3O3/c14-13(15,16)7-22-10-2-1-8(5-18-10)12(21)19-4-3-9(6-19)11(17)20/h1-2,5,9H,3-4,6-7H2,(H2,17,20). The molecule has 0 saturated carbocycles. The van der Waals surface area contributed by atoms with E-state index in [0.29, 0.717) is 13.0 Å². The Kier molecular flexibility index (Phi) is 4.53. The van der Waals surface area contributed by atoms with Gasteiger partial charge in [-0.05, 0) is 12.5 Å². The number of primary amides is 1. The van der Waals surface area contributed by atoms with Gasteiger partial charge in [0.05, 0.1) is 11.5 Å². The Bertz CT molecular complexity index is 560. The van der Waals surface area contributed by atoms with Crippen LogP contribution in [0, 0.1) is 5.92 Å². The first-order valence-corrected chi connectivity index (χ1v) is 6.50. The maximum Gasteiger partial charge on any atom is 0.422 e. The van der Waals surface area contributed by atoms with Gasteiger partial charge in [0.1, 0.15) is 0 Å². The number of likely N-dealkylation sites (tertiary alicyclic amines) is 1. The summed E-state index contributed by atoms with van der Waals surface area (Å²) >= 11 is 0. The fraction of sp³-hybridized carbons (Fsp3) is 0.462. The van der Waals surface area contributed by atoms with E-state index in [-0.39, 0.29) is 29.8 Å². The van der Waals surface area contributed by atoms with E-state index in [1.165, 1.54) is 17.0 Å². The molecule has 2 amide bonds. The van der Waals surface area contributed by atoms with Crippen LogP contribution in [0.15, 0.2) is 18.3 Å². The number of halogens is 3. The minimum absolute atomic E-state index is 0.212. The largest absolute Gasteiger partial charge is 0.468 e. The molecule has 0 aliphatic carbocycles. The summed E-state index contributed by atoms with van der Waals surface area (Å²) in [6, 6.07) is 2.53. The third-order valence-electron chi connectivity index (χ3n) is 3.24. The highest BCUT2D eigenvalue weighted by Crippen LogP contribution is 2.20. The lowest BCUT2D eigenvalue weighted by Crippen LogP contribution is -2.31. The second-order valence-corrected chi connectivity index (χ2v) is 4.93. The molecule has 1 atom stereocenters. The fourth-order valence-corrected chi connectivity index (χ4v) is 2.11. The van der Waals surface area contributed by atoms with Gasteiger partial charge >= 0.3 is 6.18 Å². The number of ether oxygens (including phenoxy) is 1. The van der Waals surface area contributed by atoms with Gasteiger partial charge < -0.3 is 15.4 Å². The quantitative estimate of drug-likeness (QED) is 0.896. The molecule has 1 unspecified atom stereocenters. The molecule has 1 aromatic heterocycles. The highest BCUT2D eigenvalue weighted by Gasteiger charge is 2.31. The summed E-state index contributed by atoms with van der Waals surface area (Å²) in [7, 11) is 0. The van der Waals surface area contributed by atoms with E-state index >= 15 is 0 Å². The number of carbonyl (C=O) groups is 2. The van der Waals surface area contributed by atoms with Gasteiger partial charge in [-0.15, -0.1) is 0 Å². The number of carbonyl (C=O) groups excluding carboxylic acids is 2. The third kappa shape index (κ3) is 4.09. The van der Waals surface area contributed by atoms with Crippen LogP contribution in [-0.4, -0.2) is 47.6 Å². The number of amides is 2. The zero-order valence-corrected chi connectivity index (χ0v) is 11.5. The van der Waals surface area contributed by atoms with Crippen molar-refractivity contribution in [1.29, 1.82) is 0 Å². The molecule has 120 valence electrons. The van der Waals surface area contributed by atoms with Crippen LogP contribution in [0.2, 0.25) is 0 Å². The van der Waals surface area contributed by atoms with Crippen molar-refractivity contribution in [2.75, 3.05) is 19.7 Å². The highest BCUT2D eigenvalue weighted by molar-refractivity contribution is 5.94. The number of alkyl halides is 3. The van der Waals surface area contributed by atoms with Gasteiger partial charge in [-0.3, -0.25) is 9.59 Å². The minimum Gasteiger partial charge on any atom is -0.468 e. The van der Waals surface area contributed by atoms with E-state index in [1.807, 2.05) is 0 Å². The number of hydrogen-bond donors (Lipinski definition) is 1. The smallest absolute Gasteiger partial charge is 0.422 e. The number of nitrogens with zero attached hydrogens (tertiary/aromatic N) is 2. The van der Waals surface area contributed by atoms with E-state index in [2.05, 4.69) is 9.72 Å². The van der Waals surface area contributed by atoms with Crippen molar-refractivity contribution in [2.24, 2.45) is 11.7 Å². The van der Waals surface area contributed by atoms with Crippen molar-refractivity contribution in [1.82, 2.24) is 9.88 Å². The number of pyridine rings is 1. The lowest BCUT2D eigenvalue weighted by molar-refractivity contribution is -0.154. The Morgan fingerprint density at radius 2 is 2.14 bits per heavy atom. The molecule has 2 heterocycles. The second-order valence-electron chi connectivity index (χ2n) is 4.93. The van der Waals surface area contributed by atoms with Gasteiger partial charge in [0, 0.05) is 25.4 Å². The van der Waals surface area contributed by atoms with Crippen molar-refractivity contribution in [3.8, 4) is 5.88 Å². The molecule has 2 N–H and O–H groups in total. The van der Waals surface area contributed by atoms with Crippen LogP contribution in [-0.2, 0) is 4.79 Å². The molecule has 1 saturated heterocycles. The molecule has 1 aliphatic heterocycles. The summed E-state index contributed by atoms with van der Waals surface area (Å²) in [6.07, 6.45) is -2.80. The molecule has 1 fully saturated rings. The van der Waals surface area contributed by atoms with E-state index in [4.69, 9.17) is 5.73 Å². The van der Waals surface area contributed by atoms with Crippen LogP contribution in [0.3, 0.4) is 0 Å². The van der Waals surface area contributed by atoms with Crippen LogP contribution >= 0.6 is 0 Å². The molecule has 9 heteroatoms. The maximum atomic E-state index is 12.2. The summed E-state index contributed by atoms with van der Waals surface area (Å²) in [5.74, 6) is -1.39. The predicted octanol–water partition coefficient (Wildman–Crippen LogP) is 0.970. The van der Waals surface area contributed by atoms with Crippen LogP contribution in [0.5, 0.6) is 5.88 Å². The molecule has 0 bridgehead atoms. The van der Waals surface area contributed by atoms with Crippen molar-refractivity contribution in [3.63, 3.8) is 0 Å². The average Bonchev–Trinajstić information content (AvgIpc) is 2.94. The maximum absolute atomic E-state index is 12.2. The van der Waals surface area contributed by atoms with Crippen LogP contribution in [0.1, 0.15) is 16.8 Å². The van der Waals surface area contributed by atoms with Gasteiger partial charge in [-0.25, -0.2) is 4.98 Å². The number of rotatable bonds is 4. The van der Waals surface area contributed by atoms with Crippen LogP contribution in [0.25, 0.3) is 0 Å². The zero-order valence-electron chi connectivity index (χ0n) is 11.5. The van der Waals surface area contributed by atoms with Gasteiger partial charge in [0.15, 0.2) is 6.61 Å². The molecular weight excluding hydrogens is 303 g/mol. The number of hydrogen-bond acceptors (Lipinski definition) is 4. The summed E-state index contributed by atoms with van der Waals surface area (Å²) in [4.78, 5) is 28.4. The predicted molar refractivity (Wildman–Crippen MR) is 69.0 cm³/mol. The van der Waals surface area contributed by atoms with Gasteiger partial charge in [-0.2, -0.15) is 13.2 Å². The third-order valence-corrected chi connectivity index (χ3v) is 3.24. The monoisotopic (exact) mass is 317 g/mol. The Morgan fingerprint density at radius 3 is 2.64 bits per heavy atom. The van der Waals surface area contributed by atoms with Crippen LogP contribution in [0.4, 0.5) is 13.2 Å². The Morgan fingerprint density at radius 1 is 1.41 bits per heavy atom. The molecular formula is C13H14F3N3O3. The molecule has 1 aliphatic rings. The van der Waals surface area contributed by atoms with E-state index < -0.39 is 18.7 Å². The van der Waals surface area contributed by atoms with Gasteiger partial charge in [-0.1, -0.05) is 0 Å². The zero-order chi connectivity index (χ0) is 16.3. The second kappa shape index (κ2) is 6.20. The molecule has 2 rings (SSSR count). The van der Waals surface area contributed by atoms with E-state index in [9.17, 15) is 22.8 Å². The Balaban J connectivity index is 1.96. The summed E-state index contributed by atoms with van der Waals surface area (Å²) in [5.41, 5.74) is 5.40. The first-order chi connectivity index (χ1) is 10.3. The summed E-state index contributed by atoms with van der Waals surface area (Å²) < 4.78 is 40.5. The fourth-order valence-electron chi connectivity index (χ4n) is 2.11. The molecule has 6 nitrogen and oxygen atoms in total. The van der Waals surface area contributed by atoms with E-state index in [0.717, 1.165) is 6.20 Å². The summed E-state index contributed by atoms with van der Waals surface area (Å²) in [5, 5.41) is 0. The number of nitrogens with two attached hydrogens (primary N) is 1. The lowest BCUT2D eigenvalue weighted by atomic mass is 10.1. The van der Waals surface area contributed by atoms with Crippen LogP contribution < -0.4 is 10.5 Å². The normalized spacial score (nSPS) is 18.3. The SMILES string of the molecule is NC(=O)C1CCN(C(=O)c2ccc(OCC(F)(F)F)nc2)C1. The lowest BCUT2D eigenvalue weighted by Gasteiger charge is -2.16. The molecule has 0 radical (unpaired) electrons. The molecule has 1 aromatic rings. The Hall–Kier alpha value is -2.32. The first kappa shape index (κ1) is 16.1. The first-order valence-electron chi connectivity index (χ1n) is 6.50. The van der Waals surface area contributed by atoms with E-state index in [1.54, 1.807) is 0 Å². The van der Waals surface area contributed by atoms with Gasteiger partial charge in [0.25, 0.3) is 5.91 Å². The Labute approximate surface area is 124 Å². The topological polar surface area (TPSA) is 85.5 Å². The highest BCUT2D eigenvalue weighted by atomic mass is 19.4. The van der Waals surface area contributed by atoms with Crippen molar-refractivity contribution >= 4 is 11.8 Å². The molecule has 0 spiro atoms. The average molecular weight is 317 g/mol. The van der Waals surface area contributed by atoms with Gasteiger partial charge in [0.2, 0.25) is 11.8 Å². The minimum atomic E-state index is -4.45. The summed E-state index contributed by atoms with van der Waals surface area (Å²) in [6.45, 7) is -0.807.